The van der Waals surface area contributed by atoms with Gasteiger partial charge in [0.2, 0.25) is 0 Å². The SMILES string of the molecule is Nc1ccc(-c2ccc(N)c(N(O)O)c2)cc1. The summed E-state index contributed by atoms with van der Waals surface area (Å²) in [6, 6.07) is 12.3. The largest absolute Gasteiger partial charge is 0.399 e. The zero-order valence-corrected chi connectivity index (χ0v) is 9.04. The summed E-state index contributed by atoms with van der Waals surface area (Å²) in [5.74, 6) is 0. The summed E-state index contributed by atoms with van der Waals surface area (Å²) in [5.41, 5.74) is 14.1. The fourth-order valence-corrected chi connectivity index (χ4v) is 1.57. The molecule has 0 amide bonds. The second kappa shape index (κ2) is 4.32. The van der Waals surface area contributed by atoms with Gasteiger partial charge in [0.25, 0.3) is 0 Å². The van der Waals surface area contributed by atoms with Gasteiger partial charge in [0, 0.05) is 5.69 Å². The third kappa shape index (κ3) is 2.30. The van der Waals surface area contributed by atoms with E-state index < -0.39 is 0 Å². The van der Waals surface area contributed by atoms with Crippen LogP contribution in [0.25, 0.3) is 11.1 Å². The Morgan fingerprint density at radius 2 is 1.41 bits per heavy atom. The van der Waals surface area contributed by atoms with E-state index in [9.17, 15) is 0 Å². The number of hydrogen-bond donors (Lipinski definition) is 4. The van der Waals surface area contributed by atoms with Crippen molar-refractivity contribution in [1.29, 1.82) is 0 Å². The van der Waals surface area contributed by atoms with Crippen LogP contribution in [0, 0.1) is 0 Å². The van der Waals surface area contributed by atoms with Crippen LogP contribution in [0.2, 0.25) is 0 Å². The van der Waals surface area contributed by atoms with Gasteiger partial charge in [0.05, 0.1) is 5.69 Å². The molecule has 17 heavy (non-hydrogen) atoms. The van der Waals surface area contributed by atoms with Crippen LogP contribution < -0.4 is 16.7 Å². The van der Waals surface area contributed by atoms with Crippen LogP contribution in [-0.4, -0.2) is 10.4 Å². The lowest BCUT2D eigenvalue weighted by Gasteiger charge is -2.12. The lowest BCUT2D eigenvalue weighted by molar-refractivity contribution is 0.0296. The van der Waals surface area contributed by atoms with Crippen molar-refractivity contribution in [2.24, 2.45) is 0 Å². The molecule has 0 atom stereocenters. The van der Waals surface area contributed by atoms with Crippen LogP contribution in [0.4, 0.5) is 17.1 Å². The molecule has 0 aliphatic carbocycles. The molecule has 6 N–H and O–H groups in total. The van der Waals surface area contributed by atoms with E-state index in [2.05, 4.69) is 0 Å². The third-order valence-electron chi connectivity index (χ3n) is 2.49. The number of nitrogen functional groups attached to an aromatic ring is 2. The van der Waals surface area contributed by atoms with E-state index in [1.165, 1.54) is 0 Å². The minimum atomic E-state index is 0.0101. The molecule has 0 saturated heterocycles. The molecule has 5 heteroatoms. The minimum absolute atomic E-state index is 0.0101. The van der Waals surface area contributed by atoms with Crippen LogP contribution in [0.15, 0.2) is 42.5 Å². The van der Waals surface area contributed by atoms with Gasteiger partial charge < -0.3 is 11.5 Å². The molecule has 2 aromatic rings. The van der Waals surface area contributed by atoms with Crippen molar-refractivity contribution < 1.29 is 10.4 Å². The first-order valence-electron chi connectivity index (χ1n) is 5.01. The molecule has 0 aliphatic rings. The van der Waals surface area contributed by atoms with Crippen LogP contribution in [0.5, 0.6) is 0 Å². The molecule has 88 valence electrons. The Morgan fingerprint density at radius 3 is 2.00 bits per heavy atom. The molecule has 0 unspecified atom stereocenters. The molecule has 0 radical (unpaired) electrons. The highest BCUT2D eigenvalue weighted by atomic mass is 16.8. The molecule has 0 aliphatic heterocycles. The normalized spacial score (nSPS) is 10.2. The summed E-state index contributed by atoms with van der Waals surface area (Å²) in [7, 11) is 0. The van der Waals surface area contributed by atoms with E-state index in [-0.39, 0.29) is 16.6 Å². The average Bonchev–Trinajstić information content (AvgIpc) is 2.30. The molecule has 0 aromatic heterocycles. The average molecular weight is 231 g/mol. The Bertz CT molecular complexity index is 524. The summed E-state index contributed by atoms with van der Waals surface area (Å²) in [6.07, 6.45) is 0. The molecule has 0 spiro atoms. The molecule has 2 aromatic carbocycles. The number of benzene rings is 2. The zero-order chi connectivity index (χ0) is 12.4. The molecule has 0 heterocycles. The van der Waals surface area contributed by atoms with Gasteiger partial charge in [-0.05, 0) is 35.4 Å². The van der Waals surface area contributed by atoms with E-state index >= 15 is 0 Å². The van der Waals surface area contributed by atoms with Crippen molar-refractivity contribution in [3.05, 3.63) is 42.5 Å². The fourth-order valence-electron chi connectivity index (χ4n) is 1.57. The van der Waals surface area contributed by atoms with Crippen LogP contribution >= 0.6 is 0 Å². The number of nitrogens with zero attached hydrogens (tertiary/aromatic N) is 1. The highest BCUT2D eigenvalue weighted by Crippen LogP contribution is 2.28. The van der Waals surface area contributed by atoms with E-state index in [1.54, 1.807) is 30.3 Å². The summed E-state index contributed by atoms with van der Waals surface area (Å²) < 4.78 is 0. The van der Waals surface area contributed by atoms with Gasteiger partial charge in [-0.1, -0.05) is 18.2 Å². The Hall–Kier alpha value is -2.24. The molecule has 0 fully saturated rings. The van der Waals surface area contributed by atoms with Gasteiger partial charge in [-0.2, -0.15) is 0 Å². The maximum atomic E-state index is 9.01. The van der Waals surface area contributed by atoms with Crippen LogP contribution in [0.3, 0.4) is 0 Å². The standard InChI is InChI=1S/C12H13N3O2/c13-10-4-1-8(2-5-10)9-3-6-11(14)12(7-9)15(16)17/h1-7,16-17H,13-14H2. The predicted octanol–water partition coefficient (Wildman–Crippen LogP) is 2.10. The zero-order valence-electron chi connectivity index (χ0n) is 9.04. The topological polar surface area (TPSA) is 95.7 Å². The highest BCUT2D eigenvalue weighted by molar-refractivity contribution is 5.76. The first kappa shape index (κ1) is 11.3. The van der Waals surface area contributed by atoms with Gasteiger partial charge >= 0.3 is 0 Å². The van der Waals surface area contributed by atoms with E-state index in [4.69, 9.17) is 21.9 Å². The first-order chi connectivity index (χ1) is 8.08. The van der Waals surface area contributed by atoms with Gasteiger partial charge in [0.1, 0.15) is 5.69 Å². The second-order valence-corrected chi connectivity index (χ2v) is 3.69. The van der Waals surface area contributed by atoms with Gasteiger partial charge in [-0.15, -0.1) is 5.23 Å². The Labute approximate surface area is 98.4 Å². The molecule has 5 nitrogen and oxygen atoms in total. The highest BCUT2D eigenvalue weighted by Gasteiger charge is 2.07. The van der Waals surface area contributed by atoms with Crippen molar-refractivity contribution in [2.45, 2.75) is 0 Å². The lowest BCUT2D eigenvalue weighted by atomic mass is 10.0. The third-order valence-corrected chi connectivity index (χ3v) is 2.49. The lowest BCUT2D eigenvalue weighted by Crippen LogP contribution is -2.13. The molecular formula is C12H13N3O2. The van der Waals surface area contributed by atoms with Crippen molar-refractivity contribution in [3.63, 3.8) is 0 Å². The van der Waals surface area contributed by atoms with Gasteiger partial charge in [0.15, 0.2) is 0 Å². The molecule has 0 bridgehead atoms. The minimum Gasteiger partial charge on any atom is -0.399 e. The van der Waals surface area contributed by atoms with Crippen LogP contribution in [0.1, 0.15) is 0 Å². The van der Waals surface area contributed by atoms with Gasteiger partial charge in [-0.3, -0.25) is 10.4 Å². The van der Waals surface area contributed by atoms with Crippen molar-refractivity contribution in [1.82, 2.24) is 0 Å². The monoisotopic (exact) mass is 231 g/mol. The molecule has 2 rings (SSSR count). The molecular weight excluding hydrogens is 218 g/mol. The van der Waals surface area contributed by atoms with Gasteiger partial charge in [-0.25, -0.2) is 0 Å². The number of hydrogen-bond acceptors (Lipinski definition) is 5. The fraction of sp³-hybridized carbons (Fsp3) is 0. The summed E-state index contributed by atoms with van der Waals surface area (Å²) >= 11 is 0. The Balaban J connectivity index is 2.46. The van der Waals surface area contributed by atoms with E-state index in [1.807, 2.05) is 12.1 Å². The number of nitrogens with two attached hydrogens (primary N) is 2. The quantitative estimate of drug-likeness (QED) is 0.469. The summed E-state index contributed by atoms with van der Waals surface area (Å²) in [5, 5.41) is 18.0. The summed E-state index contributed by atoms with van der Waals surface area (Å²) in [4.78, 5) is 0. The smallest absolute Gasteiger partial charge is 0.118 e. The Kier molecular flexibility index (Phi) is 2.86. The van der Waals surface area contributed by atoms with Crippen LogP contribution in [-0.2, 0) is 0 Å². The maximum Gasteiger partial charge on any atom is 0.118 e. The first-order valence-corrected chi connectivity index (χ1v) is 5.01. The van der Waals surface area contributed by atoms with Crippen molar-refractivity contribution >= 4 is 17.1 Å². The number of anilines is 3. The second-order valence-electron chi connectivity index (χ2n) is 3.69. The van der Waals surface area contributed by atoms with Crippen molar-refractivity contribution in [3.8, 4) is 11.1 Å². The van der Waals surface area contributed by atoms with Crippen molar-refractivity contribution in [2.75, 3.05) is 16.7 Å². The maximum absolute atomic E-state index is 9.01. The predicted molar refractivity (Wildman–Crippen MR) is 66.8 cm³/mol. The summed E-state index contributed by atoms with van der Waals surface area (Å²) in [6.45, 7) is 0. The van der Waals surface area contributed by atoms with E-state index in [0.29, 0.717) is 5.69 Å². The Morgan fingerprint density at radius 1 is 0.824 bits per heavy atom. The molecule has 0 saturated carbocycles. The number of rotatable bonds is 2. The van der Waals surface area contributed by atoms with E-state index in [0.717, 1.165) is 11.1 Å².